The molecule has 2 N–H and O–H groups in total. The van der Waals surface area contributed by atoms with E-state index in [0.717, 1.165) is 58.3 Å². The summed E-state index contributed by atoms with van der Waals surface area (Å²) in [6, 6.07) is 4.91. The Labute approximate surface area is 180 Å². The van der Waals surface area contributed by atoms with Crippen molar-refractivity contribution in [2.45, 2.75) is 46.7 Å². The third-order valence-corrected chi connectivity index (χ3v) is 5.78. The maximum absolute atomic E-state index is 5.50. The van der Waals surface area contributed by atoms with E-state index in [2.05, 4.69) is 55.4 Å². The minimum Gasteiger partial charge on any atom is -0.379 e. The second-order valence-electron chi connectivity index (χ2n) is 6.76. The monoisotopic (exact) mass is 494 g/mol. The Balaban J connectivity index is 0.00000338. The van der Waals surface area contributed by atoms with Crippen molar-refractivity contribution in [2.24, 2.45) is 10.9 Å². The van der Waals surface area contributed by atoms with Crippen LogP contribution in [0.5, 0.6) is 0 Å². The van der Waals surface area contributed by atoms with E-state index < -0.39 is 0 Å². The Hall–Kier alpha value is -0.380. The Morgan fingerprint density at radius 3 is 2.46 bits per heavy atom. The summed E-state index contributed by atoms with van der Waals surface area (Å²) in [6.45, 7) is 15.2. The van der Waals surface area contributed by atoms with Crippen molar-refractivity contribution in [3.63, 3.8) is 0 Å². The van der Waals surface area contributed by atoms with Crippen LogP contribution in [0.25, 0.3) is 0 Å². The molecule has 26 heavy (non-hydrogen) atoms. The maximum Gasteiger partial charge on any atom is 0.191 e. The van der Waals surface area contributed by atoms with Crippen LogP contribution in [0.4, 0.5) is 0 Å². The average molecular weight is 494 g/mol. The number of thiophene rings is 1. The fourth-order valence-corrected chi connectivity index (χ4v) is 3.98. The minimum absolute atomic E-state index is 0. The zero-order valence-electron chi connectivity index (χ0n) is 16.6. The molecule has 1 aliphatic heterocycles. The largest absolute Gasteiger partial charge is 0.379 e. The lowest BCUT2D eigenvalue weighted by Gasteiger charge is -2.37. The van der Waals surface area contributed by atoms with Crippen molar-refractivity contribution in [1.29, 1.82) is 0 Å². The number of aryl methyl sites for hydroxylation is 1. The van der Waals surface area contributed by atoms with Crippen LogP contribution in [-0.2, 0) is 17.7 Å². The van der Waals surface area contributed by atoms with Crippen LogP contribution in [0.2, 0.25) is 0 Å². The standard InChI is InChI=1S/C19H34N4OS.HI/c1-5-16-7-8-17(25-16)13-21-19(20-6-2)22-14-18(15(3)4)23-9-11-24-12-10-23;/h7-8,15,18H,5-6,9-14H2,1-4H3,(H2,20,21,22);1H. The van der Waals surface area contributed by atoms with Crippen LogP contribution in [0.1, 0.15) is 37.4 Å². The van der Waals surface area contributed by atoms with Gasteiger partial charge in [0.15, 0.2) is 5.96 Å². The summed E-state index contributed by atoms with van der Waals surface area (Å²) in [7, 11) is 0. The second-order valence-corrected chi connectivity index (χ2v) is 8.01. The minimum atomic E-state index is 0. The van der Waals surface area contributed by atoms with E-state index in [1.165, 1.54) is 9.75 Å². The number of ether oxygens (including phenoxy) is 1. The van der Waals surface area contributed by atoms with E-state index in [9.17, 15) is 0 Å². The molecule has 0 bridgehead atoms. The third-order valence-electron chi connectivity index (χ3n) is 4.57. The molecule has 1 saturated heterocycles. The molecule has 0 aromatic carbocycles. The van der Waals surface area contributed by atoms with Gasteiger partial charge in [0.2, 0.25) is 0 Å². The quantitative estimate of drug-likeness (QED) is 0.331. The van der Waals surface area contributed by atoms with Crippen LogP contribution >= 0.6 is 35.3 Å². The van der Waals surface area contributed by atoms with Gasteiger partial charge in [0.05, 0.1) is 19.8 Å². The molecule has 0 radical (unpaired) electrons. The maximum atomic E-state index is 5.50. The molecule has 1 aliphatic rings. The molecule has 2 heterocycles. The highest BCUT2D eigenvalue weighted by molar-refractivity contribution is 14.0. The van der Waals surface area contributed by atoms with E-state index in [1.807, 2.05) is 11.3 Å². The first-order chi connectivity index (χ1) is 12.1. The molecule has 0 saturated carbocycles. The molecule has 2 rings (SSSR count). The van der Waals surface area contributed by atoms with E-state index in [-0.39, 0.29) is 24.0 Å². The molecular formula is C19H35IN4OS. The highest BCUT2D eigenvalue weighted by Crippen LogP contribution is 2.17. The summed E-state index contributed by atoms with van der Waals surface area (Å²) in [5.41, 5.74) is 0. The number of aliphatic imine (C=N–C) groups is 1. The molecule has 1 atom stereocenters. The number of halogens is 1. The Bertz CT molecular complexity index is 529. The van der Waals surface area contributed by atoms with Gasteiger partial charge in [-0.3, -0.25) is 4.90 Å². The van der Waals surface area contributed by atoms with Gasteiger partial charge in [0.1, 0.15) is 0 Å². The number of rotatable bonds is 8. The first-order valence-corrected chi connectivity index (χ1v) is 10.4. The molecule has 1 fully saturated rings. The normalized spacial score (nSPS) is 17.0. The molecule has 1 aromatic rings. The zero-order valence-corrected chi connectivity index (χ0v) is 19.7. The lowest BCUT2D eigenvalue weighted by molar-refractivity contribution is 0.00752. The Morgan fingerprint density at radius 2 is 1.88 bits per heavy atom. The zero-order chi connectivity index (χ0) is 18.1. The lowest BCUT2D eigenvalue weighted by atomic mass is 10.0. The lowest BCUT2D eigenvalue weighted by Crippen LogP contribution is -2.52. The van der Waals surface area contributed by atoms with Gasteiger partial charge in [-0.25, -0.2) is 4.99 Å². The fraction of sp³-hybridized carbons (Fsp3) is 0.737. The number of guanidine groups is 1. The van der Waals surface area contributed by atoms with E-state index in [4.69, 9.17) is 9.73 Å². The summed E-state index contributed by atoms with van der Waals surface area (Å²) in [5.74, 6) is 1.51. The molecule has 7 heteroatoms. The highest BCUT2D eigenvalue weighted by Gasteiger charge is 2.23. The SMILES string of the molecule is CCNC(=NCc1ccc(CC)s1)NCC(C(C)C)N1CCOCC1.I. The van der Waals surface area contributed by atoms with Crippen LogP contribution in [0, 0.1) is 5.92 Å². The first-order valence-electron chi connectivity index (χ1n) is 9.55. The summed E-state index contributed by atoms with van der Waals surface area (Å²) in [4.78, 5) is 10.1. The van der Waals surface area contributed by atoms with E-state index >= 15 is 0 Å². The fourth-order valence-electron chi connectivity index (χ4n) is 3.09. The summed E-state index contributed by atoms with van der Waals surface area (Å²) in [6.07, 6.45) is 1.10. The molecule has 0 aliphatic carbocycles. The van der Waals surface area contributed by atoms with Crippen molar-refractivity contribution < 1.29 is 4.74 Å². The van der Waals surface area contributed by atoms with E-state index in [0.29, 0.717) is 12.0 Å². The van der Waals surface area contributed by atoms with Gasteiger partial charge in [-0.1, -0.05) is 20.8 Å². The van der Waals surface area contributed by atoms with Crippen molar-refractivity contribution in [2.75, 3.05) is 39.4 Å². The smallest absolute Gasteiger partial charge is 0.191 e. The van der Waals surface area contributed by atoms with Crippen molar-refractivity contribution in [1.82, 2.24) is 15.5 Å². The number of nitrogens with one attached hydrogen (secondary N) is 2. The highest BCUT2D eigenvalue weighted by atomic mass is 127. The molecule has 1 aromatic heterocycles. The van der Waals surface area contributed by atoms with Gasteiger partial charge < -0.3 is 15.4 Å². The van der Waals surface area contributed by atoms with Crippen molar-refractivity contribution >= 4 is 41.3 Å². The topological polar surface area (TPSA) is 48.9 Å². The second kappa shape index (κ2) is 12.9. The number of morpholine rings is 1. The van der Waals surface area contributed by atoms with E-state index in [1.54, 1.807) is 0 Å². The van der Waals surface area contributed by atoms with Gasteiger partial charge in [-0.15, -0.1) is 35.3 Å². The molecule has 5 nitrogen and oxygen atoms in total. The van der Waals surface area contributed by atoms with Gasteiger partial charge in [-0.2, -0.15) is 0 Å². The number of hydrogen-bond donors (Lipinski definition) is 2. The van der Waals surface area contributed by atoms with Crippen molar-refractivity contribution in [3.8, 4) is 0 Å². The van der Waals surface area contributed by atoms with Crippen LogP contribution in [-0.4, -0.2) is 56.3 Å². The summed E-state index contributed by atoms with van der Waals surface area (Å²) < 4.78 is 5.50. The predicted octanol–water partition coefficient (Wildman–Crippen LogP) is 3.34. The predicted molar refractivity (Wildman–Crippen MR) is 123 cm³/mol. The van der Waals surface area contributed by atoms with Crippen molar-refractivity contribution in [3.05, 3.63) is 21.9 Å². The number of nitrogens with zero attached hydrogens (tertiary/aromatic N) is 2. The van der Waals surface area contributed by atoms with Crippen LogP contribution < -0.4 is 10.6 Å². The molecular weight excluding hydrogens is 459 g/mol. The number of hydrogen-bond acceptors (Lipinski definition) is 4. The van der Waals surface area contributed by atoms with Gasteiger partial charge in [0.25, 0.3) is 0 Å². The van der Waals surface area contributed by atoms with Crippen LogP contribution in [0.15, 0.2) is 17.1 Å². The summed E-state index contributed by atoms with van der Waals surface area (Å²) in [5, 5.41) is 6.92. The molecule has 0 amide bonds. The van der Waals surface area contributed by atoms with Gasteiger partial charge in [-0.05, 0) is 31.4 Å². The molecule has 1 unspecified atom stereocenters. The van der Waals surface area contributed by atoms with Gasteiger partial charge in [0, 0.05) is 42.0 Å². The Morgan fingerprint density at radius 1 is 1.19 bits per heavy atom. The molecule has 150 valence electrons. The van der Waals surface area contributed by atoms with Crippen LogP contribution in [0.3, 0.4) is 0 Å². The molecule has 0 spiro atoms. The average Bonchev–Trinajstić information content (AvgIpc) is 3.08. The third kappa shape index (κ3) is 7.70. The van der Waals surface area contributed by atoms with Gasteiger partial charge >= 0.3 is 0 Å². The Kier molecular flexibility index (Phi) is 11.7. The first kappa shape index (κ1) is 23.7. The summed E-state index contributed by atoms with van der Waals surface area (Å²) >= 11 is 1.86.